The average molecular weight is 379 g/mol. The van der Waals surface area contributed by atoms with Crippen LogP contribution in [0.5, 0.6) is 0 Å². The summed E-state index contributed by atoms with van der Waals surface area (Å²) in [4.78, 5) is 12.5. The molecule has 0 bridgehead atoms. The van der Waals surface area contributed by atoms with Crippen LogP contribution in [-0.2, 0) is 15.0 Å². The number of hydrogen-bond donors (Lipinski definition) is 1. The molecular weight excluding hydrogens is 357 g/mol. The highest BCUT2D eigenvalue weighted by molar-refractivity contribution is 7.90. The first-order valence-corrected chi connectivity index (χ1v) is 9.34. The molecule has 2 aromatic rings. The molecule has 0 aliphatic rings. The maximum Gasteiger partial charge on any atom is 0.304 e. The number of nitrogens with one attached hydrogen (secondary N) is 1. The lowest BCUT2D eigenvalue weighted by Crippen LogP contribution is -2.44. The first-order valence-electron chi connectivity index (χ1n) is 7.94. The minimum Gasteiger partial charge on any atom is -0.324 e. The lowest BCUT2D eigenvalue weighted by molar-refractivity contribution is -0.114. The molecule has 6 nitrogen and oxygen atoms in total. The highest BCUT2D eigenvalue weighted by atomic mass is 32.2. The molecule has 1 amide bonds. The van der Waals surface area contributed by atoms with E-state index in [0.717, 1.165) is 25.8 Å². The van der Waals surface area contributed by atoms with Crippen molar-refractivity contribution >= 4 is 27.5 Å². The van der Waals surface area contributed by atoms with E-state index in [2.05, 4.69) is 5.32 Å². The van der Waals surface area contributed by atoms with Gasteiger partial charge in [-0.2, -0.15) is 12.7 Å². The molecule has 0 saturated carbocycles. The van der Waals surface area contributed by atoms with Gasteiger partial charge in [-0.3, -0.25) is 4.79 Å². The van der Waals surface area contributed by atoms with Crippen LogP contribution in [0.4, 0.5) is 15.8 Å². The number of amides is 1. The highest BCUT2D eigenvalue weighted by Crippen LogP contribution is 2.23. The summed E-state index contributed by atoms with van der Waals surface area (Å²) in [6.45, 7) is 3.17. The van der Waals surface area contributed by atoms with Crippen LogP contribution in [0.2, 0.25) is 0 Å². The van der Waals surface area contributed by atoms with E-state index in [0.29, 0.717) is 5.69 Å². The van der Waals surface area contributed by atoms with E-state index in [1.807, 2.05) is 26.0 Å². The molecule has 2 rings (SSSR count). The summed E-state index contributed by atoms with van der Waals surface area (Å²) in [5.41, 5.74) is 2.21. The maximum absolute atomic E-state index is 14.2. The van der Waals surface area contributed by atoms with Gasteiger partial charge in [-0.1, -0.05) is 24.3 Å². The summed E-state index contributed by atoms with van der Waals surface area (Å²) >= 11 is 0. The van der Waals surface area contributed by atoms with Crippen molar-refractivity contribution in [2.75, 3.05) is 30.3 Å². The number of hydrogen-bond acceptors (Lipinski definition) is 3. The molecule has 0 unspecified atom stereocenters. The third-order valence-electron chi connectivity index (χ3n) is 3.82. The molecule has 0 spiro atoms. The largest absolute Gasteiger partial charge is 0.324 e. The van der Waals surface area contributed by atoms with Crippen molar-refractivity contribution in [3.63, 3.8) is 0 Å². The Balaban J connectivity index is 2.34. The van der Waals surface area contributed by atoms with Crippen molar-refractivity contribution in [1.82, 2.24) is 4.31 Å². The van der Waals surface area contributed by atoms with Crippen LogP contribution >= 0.6 is 0 Å². The number of carbonyl (C=O) groups excluding carboxylic acids is 1. The SMILES string of the molecule is Cc1ccc(C)c(NC(=O)CN(c2ccccc2F)S(=O)(=O)N(C)C)c1. The van der Waals surface area contributed by atoms with Gasteiger partial charge in [0.15, 0.2) is 0 Å². The highest BCUT2D eigenvalue weighted by Gasteiger charge is 2.29. The Hall–Kier alpha value is -2.45. The Morgan fingerprint density at radius 3 is 2.38 bits per heavy atom. The van der Waals surface area contributed by atoms with E-state index in [4.69, 9.17) is 0 Å². The van der Waals surface area contributed by atoms with Crippen molar-refractivity contribution in [3.8, 4) is 0 Å². The molecule has 0 radical (unpaired) electrons. The summed E-state index contributed by atoms with van der Waals surface area (Å²) in [5.74, 6) is -1.29. The van der Waals surface area contributed by atoms with Crippen LogP contribution in [0.3, 0.4) is 0 Å². The van der Waals surface area contributed by atoms with Crippen LogP contribution in [0.25, 0.3) is 0 Å². The van der Waals surface area contributed by atoms with Crippen LogP contribution < -0.4 is 9.62 Å². The molecule has 8 heteroatoms. The molecule has 0 fully saturated rings. The average Bonchev–Trinajstić information content (AvgIpc) is 2.56. The summed E-state index contributed by atoms with van der Waals surface area (Å²) in [7, 11) is -1.40. The summed E-state index contributed by atoms with van der Waals surface area (Å²) in [6, 6.07) is 11.0. The van der Waals surface area contributed by atoms with Crippen molar-refractivity contribution in [2.24, 2.45) is 0 Å². The number of aryl methyl sites for hydroxylation is 2. The van der Waals surface area contributed by atoms with Gasteiger partial charge in [0.25, 0.3) is 0 Å². The number of nitrogens with zero attached hydrogens (tertiary/aromatic N) is 2. The molecule has 26 heavy (non-hydrogen) atoms. The summed E-state index contributed by atoms with van der Waals surface area (Å²) in [5, 5.41) is 2.70. The molecule has 0 aromatic heterocycles. The molecule has 1 N–H and O–H groups in total. The van der Waals surface area contributed by atoms with Crippen molar-refractivity contribution < 1.29 is 17.6 Å². The molecule has 0 aliphatic heterocycles. The normalized spacial score (nSPS) is 11.5. The Morgan fingerprint density at radius 1 is 1.12 bits per heavy atom. The lowest BCUT2D eigenvalue weighted by atomic mass is 10.1. The molecule has 0 heterocycles. The first kappa shape index (κ1) is 19.9. The Kier molecular flexibility index (Phi) is 5.99. The Bertz CT molecular complexity index is 914. The third-order valence-corrected chi connectivity index (χ3v) is 5.62. The molecule has 0 aliphatic carbocycles. The van der Waals surface area contributed by atoms with E-state index in [1.165, 1.54) is 32.3 Å². The van der Waals surface area contributed by atoms with Crippen LogP contribution in [0.1, 0.15) is 11.1 Å². The predicted molar refractivity (Wildman–Crippen MR) is 101 cm³/mol. The molecule has 0 atom stereocenters. The zero-order valence-corrected chi connectivity index (χ0v) is 16.0. The number of benzene rings is 2. The van der Waals surface area contributed by atoms with Gasteiger partial charge in [0.05, 0.1) is 5.69 Å². The first-order chi connectivity index (χ1) is 12.1. The predicted octanol–water partition coefficient (Wildman–Crippen LogP) is 2.69. The van der Waals surface area contributed by atoms with Crippen LogP contribution in [0.15, 0.2) is 42.5 Å². The van der Waals surface area contributed by atoms with Crippen LogP contribution in [0, 0.1) is 19.7 Å². The molecular formula is C18H22FN3O3S. The van der Waals surface area contributed by atoms with Crippen molar-refractivity contribution in [3.05, 3.63) is 59.4 Å². The monoisotopic (exact) mass is 379 g/mol. The Morgan fingerprint density at radius 2 is 1.77 bits per heavy atom. The summed E-state index contributed by atoms with van der Waals surface area (Å²) < 4.78 is 41.1. The number of para-hydroxylation sites is 1. The smallest absolute Gasteiger partial charge is 0.304 e. The van der Waals surface area contributed by atoms with E-state index in [9.17, 15) is 17.6 Å². The van der Waals surface area contributed by atoms with Crippen LogP contribution in [-0.4, -0.2) is 39.3 Å². The molecule has 140 valence electrons. The number of carbonyl (C=O) groups is 1. The molecule has 0 saturated heterocycles. The standard InChI is InChI=1S/C18H22FN3O3S/c1-13-9-10-14(2)16(11-13)20-18(23)12-22(26(24,25)21(3)4)17-8-6-5-7-15(17)19/h5-11H,12H2,1-4H3,(H,20,23). The lowest BCUT2D eigenvalue weighted by Gasteiger charge is -2.27. The van der Waals surface area contributed by atoms with Gasteiger partial charge in [-0.15, -0.1) is 0 Å². The van der Waals surface area contributed by atoms with Gasteiger partial charge in [-0.05, 0) is 43.2 Å². The Labute approximate surface area is 153 Å². The fourth-order valence-electron chi connectivity index (χ4n) is 2.33. The quantitative estimate of drug-likeness (QED) is 0.839. The van der Waals surface area contributed by atoms with E-state index in [1.54, 1.807) is 6.07 Å². The number of halogens is 1. The van der Waals surface area contributed by atoms with Gasteiger partial charge in [-0.25, -0.2) is 8.70 Å². The topological polar surface area (TPSA) is 69.7 Å². The van der Waals surface area contributed by atoms with Crippen molar-refractivity contribution in [2.45, 2.75) is 13.8 Å². The summed E-state index contributed by atoms with van der Waals surface area (Å²) in [6.07, 6.45) is 0. The minimum absolute atomic E-state index is 0.183. The maximum atomic E-state index is 14.2. The second kappa shape index (κ2) is 7.84. The zero-order valence-electron chi connectivity index (χ0n) is 15.2. The van der Waals surface area contributed by atoms with Gasteiger partial charge in [0.2, 0.25) is 5.91 Å². The number of anilines is 2. The van der Waals surface area contributed by atoms with Gasteiger partial charge in [0.1, 0.15) is 12.4 Å². The number of rotatable bonds is 6. The van der Waals surface area contributed by atoms with Gasteiger partial charge >= 0.3 is 10.2 Å². The zero-order chi connectivity index (χ0) is 19.5. The molecule has 2 aromatic carbocycles. The van der Waals surface area contributed by atoms with Crippen molar-refractivity contribution in [1.29, 1.82) is 0 Å². The van der Waals surface area contributed by atoms with E-state index >= 15 is 0 Å². The van der Waals surface area contributed by atoms with Gasteiger partial charge in [0, 0.05) is 19.8 Å². The minimum atomic E-state index is -4.05. The van der Waals surface area contributed by atoms with E-state index < -0.39 is 28.5 Å². The van der Waals surface area contributed by atoms with E-state index in [-0.39, 0.29) is 5.69 Å². The second-order valence-electron chi connectivity index (χ2n) is 6.11. The fourth-order valence-corrected chi connectivity index (χ4v) is 3.40. The fraction of sp³-hybridized carbons (Fsp3) is 0.278. The second-order valence-corrected chi connectivity index (χ2v) is 8.18. The van der Waals surface area contributed by atoms with Gasteiger partial charge < -0.3 is 5.32 Å². The third kappa shape index (κ3) is 4.39.